The minimum atomic E-state index is -0.483. The number of nitro groups is 1. The fraction of sp³-hybridized carbons (Fsp3) is 0.125. The number of non-ortho nitro benzene ring substituents is 1. The fourth-order valence-electron chi connectivity index (χ4n) is 3.88. The number of Topliss-reactive ketones (excluding diaryl/α,β-unsaturated/α-hetero) is 1. The number of rotatable bonds is 4. The molecule has 0 aromatic heterocycles. The zero-order valence-electron chi connectivity index (χ0n) is 17.1. The van der Waals surface area contributed by atoms with E-state index >= 15 is 0 Å². The molecule has 7 nitrogen and oxygen atoms in total. The van der Waals surface area contributed by atoms with Gasteiger partial charge in [0.2, 0.25) is 5.78 Å². The molecule has 3 aromatic rings. The first kappa shape index (κ1) is 21.5. The van der Waals surface area contributed by atoms with Crippen molar-refractivity contribution in [2.75, 3.05) is 6.73 Å². The maximum absolute atomic E-state index is 12.9. The van der Waals surface area contributed by atoms with E-state index in [-0.39, 0.29) is 17.2 Å². The predicted octanol–water partition coefficient (Wildman–Crippen LogP) is 5.87. The van der Waals surface area contributed by atoms with Crippen LogP contribution in [0.2, 0.25) is 10.0 Å². The average molecular weight is 483 g/mol. The summed E-state index contributed by atoms with van der Waals surface area (Å²) in [7, 11) is 0. The summed E-state index contributed by atoms with van der Waals surface area (Å²) in [4.78, 5) is 25.5. The first-order valence-electron chi connectivity index (χ1n) is 10.0. The number of benzene rings is 3. The number of hydrogen-bond acceptors (Lipinski definition) is 6. The first-order chi connectivity index (χ1) is 15.9. The van der Waals surface area contributed by atoms with Crippen LogP contribution in [0.25, 0.3) is 6.08 Å². The molecule has 2 heterocycles. The highest BCUT2D eigenvalue weighted by Crippen LogP contribution is 2.42. The zero-order chi connectivity index (χ0) is 23.1. The summed E-state index contributed by atoms with van der Waals surface area (Å²) in [5.41, 5.74) is 2.54. The number of nitro benzene ring substituents is 1. The molecule has 0 unspecified atom stereocenters. The van der Waals surface area contributed by atoms with Crippen LogP contribution in [0.15, 0.2) is 60.4 Å². The van der Waals surface area contributed by atoms with Gasteiger partial charge in [-0.15, -0.1) is 0 Å². The summed E-state index contributed by atoms with van der Waals surface area (Å²) in [5.74, 6) is 0.923. The van der Waals surface area contributed by atoms with Gasteiger partial charge in [0.05, 0.1) is 16.1 Å². The largest absolute Gasteiger partial charge is 0.478 e. The minimum absolute atomic E-state index is 0.0606. The number of nitrogens with zero attached hydrogens (tertiary/aromatic N) is 2. The topological polar surface area (TPSA) is 81.9 Å². The van der Waals surface area contributed by atoms with E-state index in [9.17, 15) is 14.9 Å². The molecule has 0 saturated heterocycles. The molecule has 2 aliphatic heterocycles. The van der Waals surface area contributed by atoms with Crippen molar-refractivity contribution >= 4 is 40.7 Å². The summed E-state index contributed by atoms with van der Waals surface area (Å²) in [6.45, 7) is 1.38. The molecule has 0 amide bonds. The van der Waals surface area contributed by atoms with E-state index in [2.05, 4.69) is 0 Å². The van der Waals surface area contributed by atoms with Crippen LogP contribution in [0.1, 0.15) is 27.0 Å². The fourth-order valence-corrected chi connectivity index (χ4v) is 4.34. The maximum Gasteiger partial charge on any atom is 0.270 e. The van der Waals surface area contributed by atoms with Crippen LogP contribution in [0.5, 0.6) is 11.5 Å². The molecular weight excluding hydrogens is 467 g/mol. The lowest BCUT2D eigenvalue weighted by atomic mass is 10.0. The van der Waals surface area contributed by atoms with Gasteiger partial charge < -0.3 is 9.47 Å². The highest BCUT2D eigenvalue weighted by Gasteiger charge is 2.33. The van der Waals surface area contributed by atoms with Gasteiger partial charge in [-0.2, -0.15) is 0 Å². The van der Waals surface area contributed by atoms with E-state index in [1.165, 1.54) is 18.2 Å². The van der Waals surface area contributed by atoms with Gasteiger partial charge in [0.25, 0.3) is 5.69 Å². The Hall–Kier alpha value is -3.39. The second kappa shape index (κ2) is 8.51. The van der Waals surface area contributed by atoms with Crippen LogP contribution >= 0.6 is 23.2 Å². The van der Waals surface area contributed by atoms with Crippen LogP contribution in [0.4, 0.5) is 5.69 Å². The number of ether oxygens (including phenoxy) is 2. The van der Waals surface area contributed by atoms with E-state index in [0.717, 1.165) is 11.1 Å². The Morgan fingerprint density at radius 1 is 1.12 bits per heavy atom. The smallest absolute Gasteiger partial charge is 0.270 e. The summed E-state index contributed by atoms with van der Waals surface area (Å²) in [5, 5.41) is 12.2. The molecule has 0 spiro atoms. The normalized spacial score (nSPS) is 16.2. The van der Waals surface area contributed by atoms with Crippen molar-refractivity contribution in [3.05, 3.63) is 103 Å². The van der Waals surface area contributed by atoms with Crippen LogP contribution in [-0.4, -0.2) is 22.3 Å². The Morgan fingerprint density at radius 2 is 1.97 bits per heavy atom. The minimum Gasteiger partial charge on any atom is -0.478 e. The molecule has 2 aliphatic rings. The summed E-state index contributed by atoms with van der Waals surface area (Å²) >= 11 is 12.3. The van der Waals surface area contributed by atoms with E-state index in [1.807, 2.05) is 11.0 Å². The quantitative estimate of drug-likeness (QED) is 0.262. The molecule has 0 N–H and O–H groups in total. The summed E-state index contributed by atoms with van der Waals surface area (Å²) < 4.78 is 11.9. The van der Waals surface area contributed by atoms with Crippen molar-refractivity contribution in [2.45, 2.75) is 13.1 Å². The number of allylic oxidation sites excluding steroid dienone is 1. The number of hydrogen-bond donors (Lipinski definition) is 0. The maximum atomic E-state index is 12.9. The van der Waals surface area contributed by atoms with Gasteiger partial charge in [-0.05, 0) is 41.5 Å². The standard InChI is InChI=1S/C24H16Cl2N2O5/c25-16-5-4-15(20(26)10-16)11-27-12-19-21(32-13-27)7-6-18-23(29)22(33-24(18)19)9-14-2-1-3-17(8-14)28(30)31/h1-10H,11-13H2/b22-9-. The highest BCUT2D eigenvalue weighted by atomic mass is 35.5. The van der Waals surface area contributed by atoms with Crippen molar-refractivity contribution in [1.82, 2.24) is 4.90 Å². The second-order valence-electron chi connectivity index (χ2n) is 7.71. The molecule has 5 rings (SSSR count). The van der Waals surface area contributed by atoms with Crippen molar-refractivity contribution in [3.63, 3.8) is 0 Å². The molecule has 0 fully saturated rings. The SMILES string of the molecule is O=C1/C(=C/c2cccc([N+](=O)[O-])c2)Oc2c1ccc1c2CN(Cc2ccc(Cl)cc2Cl)CO1. The molecule has 9 heteroatoms. The lowest BCUT2D eigenvalue weighted by molar-refractivity contribution is -0.384. The van der Waals surface area contributed by atoms with Gasteiger partial charge in [-0.25, -0.2) is 0 Å². The van der Waals surface area contributed by atoms with Crippen molar-refractivity contribution in [3.8, 4) is 11.5 Å². The molecule has 0 bridgehead atoms. The highest BCUT2D eigenvalue weighted by molar-refractivity contribution is 6.35. The second-order valence-corrected chi connectivity index (χ2v) is 8.55. The van der Waals surface area contributed by atoms with E-state index in [1.54, 1.807) is 36.4 Å². The number of fused-ring (bicyclic) bond motifs is 3. The van der Waals surface area contributed by atoms with Crippen molar-refractivity contribution in [1.29, 1.82) is 0 Å². The van der Waals surface area contributed by atoms with Crippen molar-refractivity contribution in [2.24, 2.45) is 0 Å². The third-order valence-corrected chi connectivity index (χ3v) is 6.06. The first-order valence-corrected chi connectivity index (χ1v) is 10.8. The third-order valence-electron chi connectivity index (χ3n) is 5.47. The number of carbonyl (C=O) groups excluding carboxylic acids is 1. The molecule has 0 atom stereocenters. The number of ketones is 1. The Kier molecular flexibility index (Phi) is 5.54. The number of carbonyl (C=O) groups is 1. The molecule has 0 radical (unpaired) electrons. The molecule has 0 saturated carbocycles. The lowest BCUT2D eigenvalue weighted by Gasteiger charge is -2.30. The zero-order valence-corrected chi connectivity index (χ0v) is 18.6. The number of halogens is 2. The Bertz CT molecular complexity index is 1340. The molecule has 0 aliphatic carbocycles. The Labute approximate surface area is 198 Å². The van der Waals surface area contributed by atoms with Gasteiger partial charge in [0.15, 0.2) is 5.76 Å². The lowest BCUT2D eigenvalue weighted by Crippen LogP contribution is -2.31. The van der Waals surface area contributed by atoms with Crippen LogP contribution < -0.4 is 9.47 Å². The van der Waals surface area contributed by atoms with Crippen LogP contribution in [0, 0.1) is 10.1 Å². The molecular formula is C24H16Cl2N2O5. The third kappa shape index (κ3) is 4.18. The van der Waals surface area contributed by atoms with E-state index in [0.29, 0.717) is 52.5 Å². The van der Waals surface area contributed by atoms with E-state index < -0.39 is 4.92 Å². The summed E-state index contributed by atoms with van der Waals surface area (Å²) in [6, 6.07) is 14.8. The monoisotopic (exact) mass is 482 g/mol. The van der Waals surface area contributed by atoms with Gasteiger partial charge in [-0.3, -0.25) is 19.8 Å². The molecule has 33 heavy (non-hydrogen) atoms. The Morgan fingerprint density at radius 3 is 2.76 bits per heavy atom. The van der Waals surface area contributed by atoms with Crippen LogP contribution in [0.3, 0.4) is 0 Å². The Balaban J connectivity index is 1.42. The van der Waals surface area contributed by atoms with Gasteiger partial charge in [0, 0.05) is 35.3 Å². The van der Waals surface area contributed by atoms with Crippen LogP contribution in [-0.2, 0) is 13.1 Å². The average Bonchev–Trinajstić information content (AvgIpc) is 3.11. The summed E-state index contributed by atoms with van der Waals surface area (Å²) in [6.07, 6.45) is 1.51. The van der Waals surface area contributed by atoms with Crippen molar-refractivity contribution < 1.29 is 19.2 Å². The predicted molar refractivity (Wildman–Crippen MR) is 124 cm³/mol. The van der Waals surface area contributed by atoms with E-state index in [4.69, 9.17) is 32.7 Å². The molecule has 3 aromatic carbocycles. The van der Waals surface area contributed by atoms with Gasteiger partial charge in [-0.1, -0.05) is 41.4 Å². The molecule has 166 valence electrons. The van der Waals surface area contributed by atoms with Gasteiger partial charge in [0.1, 0.15) is 18.2 Å². The van der Waals surface area contributed by atoms with Gasteiger partial charge >= 0.3 is 0 Å².